The number of para-hydroxylation sites is 1. The third-order valence-electron chi connectivity index (χ3n) is 5.40. The Morgan fingerprint density at radius 3 is 2.40 bits per heavy atom. The van der Waals surface area contributed by atoms with E-state index in [1.54, 1.807) is 18.3 Å². The number of carbonyl (C=O) groups excluding carboxylic acids is 1. The zero-order chi connectivity index (χ0) is 20.5. The molecule has 0 saturated carbocycles. The summed E-state index contributed by atoms with van der Waals surface area (Å²) in [5.41, 5.74) is 4.09. The maximum absolute atomic E-state index is 13.3. The van der Waals surface area contributed by atoms with Crippen molar-refractivity contribution in [1.29, 1.82) is 0 Å². The molecule has 0 bridgehead atoms. The van der Waals surface area contributed by atoms with E-state index in [1.165, 1.54) is 0 Å². The van der Waals surface area contributed by atoms with Crippen LogP contribution in [0.1, 0.15) is 21.6 Å². The summed E-state index contributed by atoms with van der Waals surface area (Å²) < 4.78 is 7.87. The molecule has 2 heterocycles. The Kier molecular flexibility index (Phi) is 4.52. The van der Waals surface area contributed by atoms with E-state index >= 15 is 0 Å². The van der Waals surface area contributed by atoms with E-state index < -0.39 is 0 Å². The van der Waals surface area contributed by atoms with Crippen LogP contribution in [0.15, 0.2) is 91.1 Å². The van der Waals surface area contributed by atoms with Gasteiger partial charge in [-0.3, -0.25) is 9.78 Å². The highest BCUT2D eigenvalue weighted by Crippen LogP contribution is 2.30. The van der Waals surface area contributed by atoms with Crippen LogP contribution in [0.2, 0.25) is 0 Å². The monoisotopic (exact) mass is 392 g/mol. The highest BCUT2D eigenvalue weighted by Gasteiger charge is 2.19. The van der Waals surface area contributed by atoms with Crippen LogP contribution in [-0.4, -0.2) is 15.3 Å². The highest BCUT2D eigenvalue weighted by molar-refractivity contribution is 6.19. The second kappa shape index (κ2) is 7.48. The summed E-state index contributed by atoms with van der Waals surface area (Å²) >= 11 is 0. The average Bonchev–Trinajstić information content (AvgIpc) is 3.11. The molecule has 0 atom stereocenters. The molecule has 5 rings (SSSR count). The third-order valence-corrected chi connectivity index (χ3v) is 5.40. The van der Waals surface area contributed by atoms with Gasteiger partial charge in [0.05, 0.1) is 5.52 Å². The molecule has 0 spiro atoms. The van der Waals surface area contributed by atoms with E-state index in [4.69, 9.17) is 4.74 Å². The predicted octanol–water partition coefficient (Wildman–Crippen LogP) is 5.54. The molecule has 4 nitrogen and oxygen atoms in total. The number of pyridine rings is 1. The number of hydrogen-bond acceptors (Lipinski definition) is 3. The molecule has 0 aliphatic carbocycles. The number of carbonyl (C=O) groups is 1. The van der Waals surface area contributed by atoms with Gasteiger partial charge in [-0.1, -0.05) is 48.5 Å². The number of aromatic nitrogens is 2. The van der Waals surface area contributed by atoms with Crippen LogP contribution >= 0.6 is 0 Å². The van der Waals surface area contributed by atoms with Gasteiger partial charge in [0, 0.05) is 35.1 Å². The fourth-order valence-corrected chi connectivity index (χ4v) is 3.87. The molecule has 2 aromatic heterocycles. The summed E-state index contributed by atoms with van der Waals surface area (Å²) in [6, 6.07) is 27.4. The number of ketones is 1. The van der Waals surface area contributed by atoms with Gasteiger partial charge in [0.2, 0.25) is 5.78 Å². The predicted molar refractivity (Wildman–Crippen MR) is 119 cm³/mol. The largest absolute Gasteiger partial charge is 0.489 e. The van der Waals surface area contributed by atoms with Gasteiger partial charge in [-0.2, -0.15) is 0 Å². The second-order valence-corrected chi connectivity index (χ2v) is 7.26. The van der Waals surface area contributed by atoms with Crippen LogP contribution in [-0.2, 0) is 13.7 Å². The SMILES string of the molecule is Cn1c2ccccc2c2ccnc(C(=O)c3ccc(OCc4ccccc4)cc3)c21. The maximum Gasteiger partial charge on any atom is 0.213 e. The lowest BCUT2D eigenvalue weighted by Crippen LogP contribution is -2.07. The maximum atomic E-state index is 13.3. The van der Waals surface area contributed by atoms with E-state index in [9.17, 15) is 4.79 Å². The number of hydrogen-bond donors (Lipinski definition) is 0. The number of ether oxygens (including phenoxy) is 1. The topological polar surface area (TPSA) is 44.1 Å². The van der Waals surface area contributed by atoms with Crippen molar-refractivity contribution in [2.24, 2.45) is 7.05 Å². The minimum Gasteiger partial charge on any atom is -0.489 e. The van der Waals surface area contributed by atoms with Crippen molar-refractivity contribution in [3.05, 3.63) is 108 Å². The number of benzene rings is 3. The summed E-state index contributed by atoms with van der Waals surface area (Å²) in [7, 11) is 1.98. The number of nitrogens with zero attached hydrogens (tertiary/aromatic N) is 2. The van der Waals surface area contributed by atoms with E-state index in [0.29, 0.717) is 17.9 Å². The van der Waals surface area contributed by atoms with Crippen LogP contribution in [0.25, 0.3) is 21.8 Å². The molecule has 0 aliphatic heterocycles. The number of fused-ring (bicyclic) bond motifs is 3. The average molecular weight is 392 g/mol. The van der Waals surface area contributed by atoms with Crippen LogP contribution in [0.5, 0.6) is 5.75 Å². The molecule has 0 fully saturated rings. The molecule has 0 N–H and O–H groups in total. The van der Waals surface area contributed by atoms with E-state index in [-0.39, 0.29) is 5.78 Å². The van der Waals surface area contributed by atoms with Gasteiger partial charge in [-0.05, 0) is 42.0 Å². The van der Waals surface area contributed by atoms with Gasteiger partial charge in [0.15, 0.2) is 0 Å². The number of rotatable bonds is 5. The van der Waals surface area contributed by atoms with E-state index in [2.05, 4.69) is 17.1 Å². The van der Waals surface area contributed by atoms with E-state index in [1.807, 2.05) is 72.3 Å². The standard InChI is InChI=1S/C26H20N2O2/c1-28-23-10-6-5-9-21(23)22-15-16-27-24(25(22)28)26(29)19-11-13-20(14-12-19)30-17-18-7-3-2-4-8-18/h2-16H,17H2,1H3. The first-order chi connectivity index (χ1) is 14.7. The van der Waals surface area contributed by atoms with Crippen molar-refractivity contribution in [2.75, 3.05) is 0 Å². The van der Waals surface area contributed by atoms with Crippen molar-refractivity contribution >= 4 is 27.6 Å². The Morgan fingerprint density at radius 2 is 1.60 bits per heavy atom. The third kappa shape index (κ3) is 3.12. The normalized spacial score (nSPS) is 11.1. The molecule has 30 heavy (non-hydrogen) atoms. The lowest BCUT2D eigenvalue weighted by molar-refractivity contribution is 0.103. The first-order valence-corrected chi connectivity index (χ1v) is 9.86. The zero-order valence-corrected chi connectivity index (χ0v) is 16.6. The molecule has 0 aliphatic rings. The first-order valence-electron chi connectivity index (χ1n) is 9.86. The van der Waals surface area contributed by atoms with E-state index in [0.717, 1.165) is 33.1 Å². The van der Waals surface area contributed by atoms with Gasteiger partial charge >= 0.3 is 0 Å². The fourth-order valence-electron chi connectivity index (χ4n) is 3.87. The summed E-state index contributed by atoms with van der Waals surface area (Å²) in [5, 5.41) is 2.16. The molecule has 0 saturated heterocycles. The van der Waals surface area contributed by atoms with Crippen molar-refractivity contribution in [3.8, 4) is 5.75 Å². The summed E-state index contributed by atoms with van der Waals surface area (Å²) in [5.74, 6) is 0.632. The molecule has 3 aromatic carbocycles. The summed E-state index contributed by atoms with van der Waals surface area (Å²) in [6.45, 7) is 0.491. The van der Waals surface area contributed by atoms with Crippen LogP contribution in [0.4, 0.5) is 0 Å². The van der Waals surface area contributed by atoms with Gasteiger partial charge in [0.1, 0.15) is 18.1 Å². The summed E-state index contributed by atoms with van der Waals surface area (Å²) in [6.07, 6.45) is 1.71. The van der Waals surface area contributed by atoms with Crippen LogP contribution in [0, 0.1) is 0 Å². The zero-order valence-electron chi connectivity index (χ0n) is 16.6. The van der Waals surface area contributed by atoms with Crippen molar-refractivity contribution in [1.82, 2.24) is 9.55 Å². The van der Waals surface area contributed by atoms with Gasteiger partial charge in [-0.25, -0.2) is 0 Å². The molecule has 5 aromatic rings. The quantitative estimate of drug-likeness (QED) is 0.369. The highest BCUT2D eigenvalue weighted by atomic mass is 16.5. The first kappa shape index (κ1) is 18.1. The molecular formula is C26H20N2O2. The van der Waals surface area contributed by atoms with Crippen LogP contribution < -0.4 is 4.74 Å². The molecular weight excluding hydrogens is 372 g/mol. The lowest BCUT2D eigenvalue weighted by Gasteiger charge is -2.08. The van der Waals surface area contributed by atoms with Crippen molar-refractivity contribution < 1.29 is 9.53 Å². The minimum atomic E-state index is -0.0962. The van der Waals surface area contributed by atoms with Gasteiger partial charge in [0.25, 0.3) is 0 Å². The molecule has 146 valence electrons. The number of aryl methyl sites for hydroxylation is 1. The second-order valence-electron chi connectivity index (χ2n) is 7.26. The van der Waals surface area contributed by atoms with Crippen LogP contribution in [0.3, 0.4) is 0 Å². The van der Waals surface area contributed by atoms with Crippen molar-refractivity contribution in [2.45, 2.75) is 6.61 Å². The Labute approximate surface area is 174 Å². The molecule has 0 radical (unpaired) electrons. The molecule has 4 heteroatoms. The summed E-state index contributed by atoms with van der Waals surface area (Å²) in [4.78, 5) is 17.7. The minimum absolute atomic E-state index is 0.0962. The molecule has 0 unspecified atom stereocenters. The Bertz CT molecular complexity index is 1350. The fraction of sp³-hybridized carbons (Fsp3) is 0.0769. The lowest BCUT2D eigenvalue weighted by atomic mass is 10.1. The Morgan fingerprint density at radius 1 is 0.867 bits per heavy atom. The van der Waals surface area contributed by atoms with Crippen molar-refractivity contribution in [3.63, 3.8) is 0 Å². The Balaban J connectivity index is 1.45. The smallest absolute Gasteiger partial charge is 0.213 e. The van der Waals surface area contributed by atoms with Gasteiger partial charge < -0.3 is 9.30 Å². The molecule has 0 amide bonds. The Hall–Kier alpha value is -3.92. The van der Waals surface area contributed by atoms with Gasteiger partial charge in [-0.15, -0.1) is 0 Å².